The van der Waals surface area contributed by atoms with Crippen LogP contribution in [-0.2, 0) is 11.4 Å². The number of nitrogens with zero attached hydrogens (tertiary/aromatic N) is 1. The number of aromatic nitrogens is 1. The predicted octanol–water partition coefficient (Wildman–Crippen LogP) is -0.880. The van der Waals surface area contributed by atoms with Crippen molar-refractivity contribution < 1.29 is 23.9 Å². The van der Waals surface area contributed by atoms with Crippen LogP contribution >= 0.6 is 0 Å². The van der Waals surface area contributed by atoms with Crippen LogP contribution in [0.2, 0.25) is 0 Å². The van der Waals surface area contributed by atoms with Crippen molar-refractivity contribution >= 4 is 36.6 Å². The number of pyridine rings is 1. The number of carbonyl (C=O) groups is 2. The number of fused-ring (bicyclic) bond motifs is 1. The van der Waals surface area contributed by atoms with E-state index in [0.29, 0.717) is 5.56 Å². The molecule has 0 aliphatic carbocycles. The molecule has 0 saturated heterocycles. The summed E-state index contributed by atoms with van der Waals surface area (Å²) < 4.78 is 14.1. The second kappa shape index (κ2) is 7.50. The first-order valence-electron chi connectivity index (χ1n) is 7.88. The van der Waals surface area contributed by atoms with Crippen LogP contribution in [0.1, 0.15) is 26.4 Å². The third-order valence-electron chi connectivity index (χ3n) is 3.74. The second-order valence-electron chi connectivity index (χ2n) is 5.69. The molecule has 0 radical (unpaired) electrons. The lowest BCUT2D eigenvalue weighted by atomic mass is 9.96. The molecule has 134 valence electrons. The zero-order chi connectivity index (χ0) is 18.7. The summed E-state index contributed by atoms with van der Waals surface area (Å²) in [7, 11) is 1.75. The number of anilines is 2. The van der Waals surface area contributed by atoms with Crippen molar-refractivity contribution in [2.75, 3.05) is 18.5 Å². The molecule has 0 saturated carbocycles. The average Bonchev–Trinajstić information content (AvgIpc) is 2.97. The highest BCUT2D eigenvalue weighted by Crippen LogP contribution is 2.25. The molecule has 1 aliphatic rings. The van der Waals surface area contributed by atoms with Gasteiger partial charge in [-0.25, -0.2) is 14.9 Å². The number of benzene rings is 1. The number of nitrogens with one attached hydrogen (secondary N) is 3. The van der Waals surface area contributed by atoms with Crippen LogP contribution in [0.5, 0.6) is 0 Å². The quantitative estimate of drug-likeness (QED) is 0.303. The number of aliphatic hydroxyl groups is 1. The summed E-state index contributed by atoms with van der Waals surface area (Å²) in [6, 6.07) is 6.05. The van der Waals surface area contributed by atoms with E-state index >= 15 is 0 Å². The number of halogens is 1. The zero-order valence-corrected chi connectivity index (χ0v) is 13.9. The largest absolute Gasteiger partial charge is 0.394 e. The minimum atomic E-state index is -0.636. The molecule has 1 aromatic heterocycles. The first-order chi connectivity index (χ1) is 12.5. The SMILES string of the molecule is Bc1ccc(Nc2nc3c(cc2C(=O)NOCCO)CNC3=O)c(F)c1. The Bertz CT molecular complexity index is 878. The molecule has 0 bridgehead atoms. The Morgan fingerprint density at radius 3 is 2.96 bits per heavy atom. The van der Waals surface area contributed by atoms with Crippen molar-refractivity contribution in [2.45, 2.75) is 6.54 Å². The van der Waals surface area contributed by atoms with E-state index in [1.807, 2.05) is 0 Å². The van der Waals surface area contributed by atoms with Crippen molar-refractivity contribution in [3.8, 4) is 0 Å². The molecule has 10 heteroatoms. The molecule has 0 unspecified atom stereocenters. The maximum atomic E-state index is 14.1. The lowest BCUT2D eigenvalue weighted by molar-refractivity contribution is 0.0168. The van der Waals surface area contributed by atoms with Crippen molar-refractivity contribution in [1.29, 1.82) is 0 Å². The van der Waals surface area contributed by atoms with E-state index < -0.39 is 11.7 Å². The van der Waals surface area contributed by atoms with Crippen molar-refractivity contribution in [2.24, 2.45) is 0 Å². The van der Waals surface area contributed by atoms with E-state index in [0.717, 1.165) is 5.46 Å². The maximum Gasteiger partial charge on any atom is 0.278 e. The number of aliphatic hydroxyl groups excluding tert-OH is 1. The lowest BCUT2D eigenvalue weighted by Gasteiger charge is -2.13. The van der Waals surface area contributed by atoms with E-state index in [-0.39, 0.29) is 48.4 Å². The summed E-state index contributed by atoms with van der Waals surface area (Å²) in [5, 5.41) is 14.1. The second-order valence-corrected chi connectivity index (χ2v) is 5.69. The van der Waals surface area contributed by atoms with E-state index in [1.165, 1.54) is 18.2 Å². The van der Waals surface area contributed by atoms with Gasteiger partial charge in [0.2, 0.25) is 0 Å². The van der Waals surface area contributed by atoms with Crippen LogP contribution in [0.15, 0.2) is 24.3 Å². The number of hydrogen-bond donors (Lipinski definition) is 4. The van der Waals surface area contributed by atoms with Gasteiger partial charge >= 0.3 is 0 Å². The van der Waals surface area contributed by atoms with Crippen molar-refractivity contribution in [1.82, 2.24) is 15.8 Å². The number of hydroxylamine groups is 1. The fourth-order valence-corrected chi connectivity index (χ4v) is 2.48. The number of amides is 2. The number of hydrogen-bond acceptors (Lipinski definition) is 6. The summed E-state index contributed by atoms with van der Waals surface area (Å²) >= 11 is 0. The monoisotopic (exact) mass is 358 g/mol. The fraction of sp³-hybridized carbons (Fsp3) is 0.188. The van der Waals surface area contributed by atoms with Crippen molar-refractivity contribution in [3.05, 3.63) is 46.9 Å². The predicted molar refractivity (Wildman–Crippen MR) is 93.8 cm³/mol. The highest BCUT2D eigenvalue weighted by atomic mass is 19.1. The maximum absolute atomic E-state index is 14.1. The van der Waals surface area contributed by atoms with Gasteiger partial charge in [0, 0.05) is 12.1 Å². The highest BCUT2D eigenvalue weighted by molar-refractivity contribution is 6.32. The average molecular weight is 358 g/mol. The Morgan fingerprint density at radius 1 is 1.42 bits per heavy atom. The molecule has 4 N–H and O–H groups in total. The normalized spacial score (nSPS) is 12.5. The molecule has 2 heterocycles. The highest BCUT2D eigenvalue weighted by Gasteiger charge is 2.26. The van der Waals surface area contributed by atoms with Gasteiger partial charge in [0.15, 0.2) is 0 Å². The fourth-order valence-electron chi connectivity index (χ4n) is 2.48. The van der Waals surface area contributed by atoms with Crippen LogP contribution in [0.4, 0.5) is 15.9 Å². The smallest absolute Gasteiger partial charge is 0.278 e. The zero-order valence-electron chi connectivity index (χ0n) is 13.9. The van der Waals surface area contributed by atoms with E-state index in [4.69, 9.17) is 9.94 Å². The Hall–Kier alpha value is -2.98. The van der Waals surface area contributed by atoms with Gasteiger partial charge in [0.1, 0.15) is 25.2 Å². The molecule has 26 heavy (non-hydrogen) atoms. The first kappa shape index (κ1) is 17.8. The molecule has 0 spiro atoms. The van der Waals surface area contributed by atoms with E-state index in [9.17, 15) is 14.0 Å². The standard InChI is InChI=1S/C16H16BFN4O4/c17-9-1-2-12(11(18)6-9)20-14-10(15(24)22-26-4-3-23)5-8-7-19-16(25)13(8)21-14/h1-2,5-6,23H,3-4,7,17H2,(H,19,25)(H,20,21)(H,22,24). The molecule has 2 aromatic rings. The summed E-state index contributed by atoms with van der Waals surface area (Å²) in [4.78, 5) is 33.2. The van der Waals surface area contributed by atoms with Crippen molar-refractivity contribution in [3.63, 3.8) is 0 Å². The lowest BCUT2D eigenvalue weighted by Crippen LogP contribution is -2.26. The molecule has 1 aliphatic heterocycles. The van der Waals surface area contributed by atoms with Gasteiger partial charge < -0.3 is 15.7 Å². The minimum absolute atomic E-state index is 0.0219. The van der Waals surface area contributed by atoms with Gasteiger partial charge in [-0.05, 0) is 18.2 Å². The Balaban J connectivity index is 1.97. The van der Waals surface area contributed by atoms with Crippen LogP contribution in [0.3, 0.4) is 0 Å². The molecule has 1 aromatic carbocycles. The Kier molecular flexibility index (Phi) is 5.15. The molecule has 3 rings (SSSR count). The van der Waals surface area contributed by atoms with Gasteiger partial charge in [-0.1, -0.05) is 11.5 Å². The topological polar surface area (TPSA) is 113 Å². The molecule has 0 fully saturated rings. The molecule has 0 atom stereocenters. The van der Waals surface area contributed by atoms with Crippen LogP contribution in [0.25, 0.3) is 0 Å². The first-order valence-corrected chi connectivity index (χ1v) is 7.88. The van der Waals surface area contributed by atoms with Gasteiger partial charge in [-0.2, -0.15) is 0 Å². The van der Waals surface area contributed by atoms with Crippen LogP contribution in [-0.4, -0.2) is 43.0 Å². The number of carbonyl (C=O) groups excluding carboxylic acids is 2. The molecule has 8 nitrogen and oxygen atoms in total. The van der Waals surface area contributed by atoms with Gasteiger partial charge in [0.25, 0.3) is 11.8 Å². The summed E-state index contributed by atoms with van der Waals surface area (Å²) in [6.07, 6.45) is 0. The van der Waals surface area contributed by atoms with Gasteiger partial charge in [-0.3, -0.25) is 14.4 Å². The van der Waals surface area contributed by atoms with Gasteiger partial charge in [0.05, 0.1) is 24.5 Å². The summed E-state index contributed by atoms with van der Waals surface area (Å²) in [5.74, 6) is -1.49. The molecular formula is C16H16BFN4O4. The third-order valence-corrected chi connectivity index (χ3v) is 3.74. The summed E-state index contributed by atoms with van der Waals surface area (Å²) in [5.41, 5.74) is 3.84. The van der Waals surface area contributed by atoms with E-state index in [2.05, 4.69) is 21.1 Å². The minimum Gasteiger partial charge on any atom is -0.394 e. The summed E-state index contributed by atoms with van der Waals surface area (Å²) in [6.45, 7) is -0.0988. The Labute approximate surface area is 149 Å². The number of rotatable bonds is 6. The van der Waals surface area contributed by atoms with Crippen LogP contribution < -0.4 is 21.6 Å². The van der Waals surface area contributed by atoms with Crippen LogP contribution in [0, 0.1) is 5.82 Å². The van der Waals surface area contributed by atoms with E-state index in [1.54, 1.807) is 13.9 Å². The molecule has 2 amide bonds. The third kappa shape index (κ3) is 3.66. The Morgan fingerprint density at radius 2 is 2.23 bits per heavy atom. The molecular weight excluding hydrogens is 342 g/mol. The van der Waals surface area contributed by atoms with Gasteiger partial charge in [-0.15, -0.1) is 0 Å².